The Hall–Kier alpha value is -0.220. The average molecular weight is 252 g/mol. The summed E-state index contributed by atoms with van der Waals surface area (Å²) in [4.78, 5) is 28.4. The Bertz CT molecular complexity index is 268. The highest BCUT2D eigenvalue weighted by molar-refractivity contribution is 7.52. The minimum Gasteiger partial charge on any atom is -0.376 e. The van der Waals surface area contributed by atoms with Gasteiger partial charge in [-0.15, -0.1) is 0 Å². The summed E-state index contributed by atoms with van der Waals surface area (Å²) in [5.41, 5.74) is -0.281. The fourth-order valence-electron chi connectivity index (χ4n) is 1.48. The van der Waals surface area contributed by atoms with Crippen LogP contribution in [0.1, 0.15) is 40.0 Å². The van der Waals surface area contributed by atoms with Gasteiger partial charge in [-0.2, -0.15) is 0 Å². The lowest BCUT2D eigenvalue weighted by atomic mass is 10.0. The molecule has 0 aromatic heterocycles. The SMILES string of the molecule is CCOC(C)(C)CCCC(=O)CP(=O)(O)O. The Labute approximate surface area is 96.4 Å². The lowest BCUT2D eigenvalue weighted by Crippen LogP contribution is -2.24. The molecule has 0 spiro atoms. The van der Waals surface area contributed by atoms with E-state index in [1.165, 1.54) is 0 Å². The number of rotatable bonds is 8. The highest BCUT2D eigenvalue weighted by Gasteiger charge is 2.21. The van der Waals surface area contributed by atoms with Gasteiger partial charge in [-0.3, -0.25) is 9.36 Å². The summed E-state index contributed by atoms with van der Waals surface area (Å²) in [6, 6.07) is 0. The summed E-state index contributed by atoms with van der Waals surface area (Å²) >= 11 is 0. The Kier molecular flexibility index (Phi) is 6.41. The van der Waals surface area contributed by atoms with Crippen LogP contribution in [-0.2, 0) is 14.1 Å². The van der Waals surface area contributed by atoms with Gasteiger partial charge in [0.1, 0.15) is 11.9 Å². The van der Waals surface area contributed by atoms with E-state index in [0.717, 1.165) is 0 Å². The van der Waals surface area contributed by atoms with E-state index in [2.05, 4.69) is 0 Å². The Balaban J connectivity index is 3.82. The second-order valence-electron chi connectivity index (χ2n) is 4.41. The van der Waals surface area contributed by atoms with Gasteiger partial charge in [-0.1, -0.05) is 0 Å². The number of ketones is 1. The second-order valence-corrected chi connectivity index (χ2v) is 6.05. The highest BCUT2D eigenvalue weighted by atomic mass is 31.2. The van der Waals surface area contributed by atoms with Crippen LogP contribution >= 0.6 is 7.60 Å². The normalized spacial score (nSPS) is 12.8. The Morgan fingerprint density at radius 3 is 2.38 bits per heavy atom. The van der Waals surface area contributed by atoms with Crippen molar-refractivity contribution >= 4 is 13.4 Å². The minimum atomic E-state index is -4.20. The first kappa shape index (κ1) is 15.8. The molecule has 5 nitrogen and oxygen atoms in total. The third-order valence-electron chi connectivity index (χ3n) is 2.15. The third kappa shape index (κ3) is 9.04. The number of carbonyl (C=O) groups is 1. The summed E-state index contributed by atoms with van der Waals surface area (Å²) in [6.07, 6.45) is 0.837. The average Bonchev–Trinajstić information content (AvgIpc) is 1.99. The molecule has 0 saturated carbocycles. The number of carbonyl (C=O) groups excluding carboxylic acids is 1. The monoisotopic (exact) mass is 252 g/mol. The molecule has 0 radical (unpaired) electrons. The van der Waals surface area contributed by atoms with Gasteiger partial charge in [0.15, 0.2) is 0 Å². The zero-order valence-electron chi connectivity index (χ0n) is 10.1. The first-order valence-electron chi connectivity index (χ1n) is 5.36. The molecule has 0 atom stereocenters. The zero-order valence-corrected chi connectivity index (χ0v) is 11.0. The molecular weight excluding hydrogens is 231 g/mol. The van der Waals surface area contributed by atoms with Crippen LogP contribution in [0.2, 0.25) is 0 Å². The molecule has 0 aromatic carbocycles. The van der Waals surface area contributed by atoms with E-state index in [-0.39, 0.29) is 17.8 Å². The molecule has 0 bridgehead atoms. The summed E-state index contributed by atoms with van der Waals surface area (Å²) < 4.78 is 16.0. The number of Topliss-reactive ketones (excluding diaryl/α,β-unsaturated/α-hetero) is 1. The molecule has 0 rings (SSSR count). The van der Waals surface area contributed by atoms with Crippen molar-refractivity contribution in [1.29, 1.82) is 0 Å². The molecule has 0 heterocycles. The van der Waals surface area contributed by atoms with E-state index < -0.39 is 13.8 Å². The lowest BCUT2D eigenvalue weighted by Gasteiger charge is -2.24. The predicted molar refractivity (Wildman–Crippen MR) is 61.5 cm³/mol. The van der Waals surface area contributed by atoms with Crippen LogP contribution in [0.4, 0.5) is 0 Å². The molecular formula is C10H21O5P. The first-order valence-corrected chi connectivity index (χ1v) is 7.16. The van der Waals surface area contributed by atoms with E-state index in [0.29, 0.717) is 19.4 Å². The second kappa shape index (κ2) is 6.50. The van der Waals surface area contributed by atoms with Gasteiger partial charge in [-0.25, -0.2) is 0 Å². The van der Waals surface area contributed by atoms with Gasteiger partial charge in [0.2, 0.25) is 0 Å². The van der Waals surface area contributed by atoms with Crippen molar-refractivity contribution in [2.45, 2.75) is 45.6 Å². The maximum Gasteiger partial charge on any atom is 0.332 e. The topological polar surface area (TPSA) is 83.8 Å². The summed E-state index contributed by atoms with van der Waals surface area (Å²) in [5, 5.41) is 0. The molecule has 2 N–H and O–H groups in total. The van der Waals surface area contributed by atoms with Gasteiger partial charge < -0.3 is 14.5 Å². The van der Waals surface area contributed by atoms with E-state index in [1.54, 1.807) is 0 Å². The van der Waals surface area contributed by atoms with E-state index in [9.17, 15) is 9.36 Å². The Morgan fingerprint density at radius 1 is 1.38 bits per heavy atom. The van der Waals surface area contributed by atoms with Crippen LogP contribution in [0.5, 0.6) is 0 Å². The maximum absolute atomic E-state index is 11.2. The van der Waals surface area contributed by atoms with Gasteiger partial charge >= 0.3 is 7.60 Å². The smallest absolute Gasteiger partial charge is 0.332 e. The molecule has 16 heavy (non-hydrogen) atoms. The number of hydrogen-bond acceptors (Lipinski definition) is 3. The van der Waals surface area contributed by atoms with Crippen LogP contribution in [-0.4, -0.2) is 33.9 Å². The molecule has 0 amide bonds. The summed E-state index contributed by atoms with van der Waals surface area (Å²) in [7, 11) is -4.20. The van der Waals surface area contributed by atoms with Crippen molar-refractivity contribution in [3.63, 3.8) is 0 Å². The molecule has 0 unspecified atom stereocenters. The molecule has 0 fully saturated rings. The van der Waals surface area contributed by atoms with Crippen LogP contribution < -0.4 is 0 Å². The van der Waals surface area contributed by atoms with Crippen LogP contribution in [0, 0.1) is 0 Å². The van der Waals surface area contributed by atoms with E-state index in [4.69, 9.17) is 14.5 Å². The fourth-order valence-corrected chi connectivity index (χ4v) is 2.10. The van der Waals surface area contributed by atoms with Crippen LogP contribution in [0.15, 0.2) is 0 Å². The minimum absolute atomic E-state index is 0.196. The molecule has 0 aliphatic heterocycles. The molecule has 0 saturated heterocycles. The molecule has 0 aromatic rings. The van der Waals surface area contributed by atoms with Gasteiger partial charge in [0, 0.05) is 13.0 Å². The van der Waals surface area contributed by atoms with Crippen molar-refractivity contribution in [2.75, 3.05) is 12.8 Å². The van der Waals surface area contributed by atoms with Crippen LogP contribution in [0.25, 0.3) is 0 Å². The van der Waals surface area contributed by atoms with E-state index >= 15 is 0 Å². The standard InChI is InChI=1S/C10H21O5P/c1-4-15-10(2,3)7-5-6-9(11)8-16(12,13)14/h4-8H2,1-3H3,(H2,12,13,14). The number of ether oxygens (including phenoxy) is 1. The molecule has 0 aliphatic carbocycles. The van der Waals surface area contributed by atoms with Gasteiger partial charge in [-0.05, 0) is 33.6 Å². The van der Waals surface area contributed by atoms with Crippen molar-refractivity contribution in [3.05, 3.63) is 0 Å². The summed E-state index contributed by atoms with van der Waals surface area (Å²) in [5.74, 6) is -0.388. The first-order chi connectivity index (χ1) is 7.16. The third-order valence-corrected chi connectivity index (χ3v) is 2.92. The van der Waals surface area contributed by atoms with Gasteiger partial charge in [0.05, 0.1) is 5.60 Å². The fraction of sp³-hybridized carbons (Fsp3) is 0.900. The van der Waals surface area contributed by atoms with Crippen LogP contribution in [0.3, 0.4) is 0 Å². The van der Waals surface area contributed by atoms with Crippen molar-refractivity contribution in [1.82, 2.24) is 0 Å². The summed E-state index contributed by atoms with van der Waals surface area (Å²) in [6.45, 7) is 6.39. The maximum atomic E-state index is 11.2. The largest absolute Gasteiger partial charge is 0.376 e. The van der Waals surface area contributed by atoms with Crippen molar-refractivity contribution in [2.24, 2.45) is 0 Å². The lowest BCUT2D eigenvalue weighted by molar-refractivity contribution is -0.117. The number of hydrogen-bond donors (Lipinski definition) is 2. The molecule has 6 heteroatoms. The van der Waals surface area contributed by atoms with Crippen molar-refractivity contribution in [3.8, 4) is 0 Å². The van der Waals surface area contributed by atoms with Crippen molar-refractivity contribution < 1.29 is 23.9 Å². The highest BCUT2D eigenvalue weighted by Crippen LogP contribution is 2.34. The predicted octanol–water partition coefficient (Wildman–Crippen LogP) is 1.72. The zero-order chi connectivity index (χ0) is 12.8. The Morgan fingerprint density at radius 2 is 1.94 bits per heavy atom. The quantitative estimate of drug-likeness (QED) is 0.642. The molecule has 0 aliphatic rings. The molecule has 96 valence electrons. The van der Waals surface area contributed by atoms with Gasteiger partial charge in [0.25, 0.3) is 0 Å². The van der Waals surface area contributed by atoms with E-state index in [1.807, 2.05) is 20.8 Å².